The highest BCUT2D eigenvalue weighted by atomic mass is 28.4. The van der Waals surface area contributed by atoms with E-state index in [0.29, 0.717) is 0 Å². The van der Waals surface area contributed by atoms with Crippen LogP contribution in [-0.4, -0.2) is 37.1 Å². The summed E-state index contributed by atoms with van der Waals surface area (Å²) in [6, 6.07) is 5.50. The molecule has 3 aromatic heterocycles. The van der Waals surface area contributed by atoms with Crippen molar-refractivity contribution in [3.8, 4) is 0 Å². The first-order chi connectivity index (χ1) is 8.32. The Morgan fingerprint density at radius 1 is 0.706 bits per heavy atom. The largest absolute Gasteiger partial charge is 0.527 e. The summed E-state index contributed by atoms with van der Waals surface area (Å²) in [5, 5.41) is 19.2. The van der Waals surface area contributed by atoms with Crippen LogP contribution in [0.1, 0.15) is 0 Å². The van der Waals surface area contributed by atoms with E-state index in [4.69, 9.17) is 5.40 Å². The molecule has 7 nitrogen and oxygen atoms in total. The first-order valence-electron chi connectivity index (χ1n) is 5.11. The van der Waals surface area contributed by atoms with E-state index in [2.05, 4.69) is 15.3 Å². The number of rotatable bonds is 3. The predicted molar refractivity (Wildman–Crippen MR) is 62.8 cm³/mol. The zero-order valence-corrected chi connectivity index (χ0v) is 9.96. The van der Waals surface area contributed by atoms with Crippen LogP contribution in [0.3, 0.4) is 0 Å². The Kier molecular flexibility index (Phi) is 2.16. The fraction of sp³-hybridized carbons (Fsp3) is 0. The molecule has 0 fully saturated rings. The van der Waals surface area contributed by atoms with E-state index in [1.807, 2.05) is 36.8 Å². The Labute approximate surface area is 98.4 Å². The maximum Gasteiger partial charge on any atom is 0.527 e. The van der Waals surface area contributed by atoms with Crippen molar-refractivity contribution in [3.63, 3.8) is 0 Å². The van der Waals surface area contributed by atoms with Crippen LogP contribution in [0, 0.1) is 0 Å². The molecule has 2 N–H and O–H groups in total. The molecule has 17 heavy (non-hydrogen) atoms. The molecular weight excluding hydrogens is 234 g/mol. The van der Waals surface area contributed by atoms with Gasteiger partial charge >= 0.3 is 8.72 Å². The SMILES string of the molecule is N[Si](n1cccn1)(n1cccn1)n1cccn1. The van der Waals surface area contributed by atoms with E-state index in [1.165, 1.54) is 0 Å². The summed E-state index contributed by atoms with van der Waals surface area (Å²) in [6.45, 7) is 0. The zero-order valence-electron chi connectivity index (χ0n) is 8.96. The van der Waals surface area contributed by atoms with Gasteiger partial charge in [0.15, 0.2) is 0 Å². The highest BCUT2D eigenvalue weighted by Gasteiger charge is 2.41. The first kappa shape index (κ1) is 9.99. The quantitative estimate of drug-likeness (QED) is 0.638. The topological polar surface area (TPSA) is 79.5 Å². The molecule has 0 amide bonds. The first-order valence-corrected chi connectivity index (χ1v) is 7.03. The van der Waals surface area contributed by atoms with Crippen LogP contribution in [0.15, 0.2) is 55.4 Å². The van der Waals surface area contributed by atoms with E-state index >= 15 is 0 Å². The monoisotopic (exact) mass is 245 g/mol. The molecule has 0 saturated heterocycles. The summed E-state index contributed by atoms with van der Waals surface area (Å²) in [7, 11) is -2.80. The summed E-state index contributed by atoms with van der Waals surface area (Å²) in [4.78, 5) is 0. The molecule has 0 spiro atoms. The van der Waals surface area contributed by atoms with Gasteiger partial charge in [0.2, 0.25) is 0 Å². The van der Waals surface area contributed by atoms with Gasteiger partial charge in [0.25, 0.3) is 0 Å². The molecule has 0 aliphatic heterocycles. The fourth-order valence-corrected chi connectivity index (χ4v) is 3.96. The van der Waals surface area contributed by atoms with E-state index < -0.39 is 8.72 Å². The predicted octanol–water partition coefficient (Wildman–Crippen LogP) is -0.385. The Morgan fingerprint density at radius 2 is 1.06 bits per heavy atom. The number of hydrogen-bond acceptors (Lipinski definition) is 4. The van der Waals surface area contributed by atoms with Crippen molar-refractivity contribution in [2.45, 2.75) is 0 Å². The Bertz CT molecular complexity index is 485. The minimum Gasteiger partial charge on any atom is -0.296 e. The molecule has 0 bridgehead atoms. The van der Waals surface area contributed by atoms with Crippen LogP contribution in [0.25, 0.3) is 0 Å². The van der Waals surface area contributed by atoms with Crippen molar-refractivity contribution in [2.75, 3.05) is 0 Å². The summed E-state index contributed by atoms with van der Waals surface area (Å²) in [6.07, 6.45) is 10.6. The summed E-state index contributed by atoms with van der Waals surface area (Å²) >= 11 is 0. The van der Waals surface area contributed by atoms with Crippen LogP contribution in [0.2, 0.25) is 0 Å². The Morgan fingerprint density at radius 3 is 1.29 bits per heavy atom. The lowest BCUT2D eigenvalue weighted by Crippen LogP contribution is -2.67. The lowest BCUT2D eigenvalue weighted by Gasteiger charge is -2.25. The normalized spacial score (nSPS) is 11.8. The smallest absolute Gasteiger partial charge is 0.296 e. The van der Waals surface area contributed by atoms with Crippen molar-refractivity contribution < 1.29 is 0 Å². The van der Waals surface area contributed by atoms with Crippen LogP contribution in [0.5, 0.6) is 0 Å². The third-order valence-corrected chi connectivity index (χ3v) is 5.34. The maximum absolute atomic E-state index is 6.54. The van der Waals surface area contributed by atoms with E-state index in [-0.39, 0.29) is 0 Å². The fourth-order valence-electron chi connectivity index (χ4n) is 1.71. The number of nitrogens with two attached hydrogens (primary N) is 1. The second-order valence-corrected chi connectivity index (χ2v) is 6.29. The van der Waals surface area contributed by atoms with Gasteiger partial charge < -0.3 is 0 Å². The van der Waals surface area contributed by atoms with Crippen LogP contribution in [0.4, 0.5) is 0 Å². The van der Waals surface area contributed by atoms with Crippen LogP contribution >= 0.6 is 0 Å². The maximum atomic E-state index is 6.54. The van der Waals surface area contributed by atoms with Crippen molar-refractivity contribution in [1.29, 1.82) is 0 Å². The molecule has 3 aromatic rings. The van der Waals surface area contributed by atoms with Gasteiger partial charge in [-0.2, -0.15) is 15.3 Å². The minimum absolute atomic E-state index is 1.70. The molecular formula is C9H11N7Si. The molecule has 86 valence electrons. The highest BCUT2D eigenvalue weighted by molar-refractivity contribution is 6.71. The van der Waals surface area contributed by atoms with Crippen molar-refractivity contribution in [3.05, 3.63) is 55.4 Å². The average Bonchev–Trinajstić information content (AvgIpc) is 3.10. The molecule has 3 rings (SSSR count). The molecule has 0 aromatic carbocycles. The third kappa shape index (κ3) is 1.42. The zero-order chi connectivity index (χ0) is 11.7. The van der Waals surface area contributed by atoms with Gasteiger partial charge in [-0.3, -0.25) is 5.40 Å². The molecule has 0 aliphatic rings. The summed E-state index contributed by atoms with van der Waals surface area (Å²) in [5.74, 6) is 0. The molecule has 0 unspecified atom stereocenters. The van der Waals surface area contributed by atoms with Gasteiger partial charge in [-0.15, -0.1) is 0 Å². The molecule has 0 atom stereocenters. The van der Waals surface area contributed by atoms with Crippen LogP contribution in [-0.2, 0) is 0 Å². The van der Waals surface area contributed by atoms with Gasteiger partial charge in [-0.05, 0) is 18.2 Å². The average molecular weight is 245 g/mol. The lowest BCUT2D eigenvalue weighted by molar-refractivity contribution is 0.720. The van der Waals surface area contributed by atoms with E-state index in [1.54, 1.807) is 31.6 Å². The number of hydrogen-bond donors (Lipinski definition) is 1. The molecule has 0 aliphatic carbocycles. The van der Waals surface area contributed by atoms with Gasteiger partial charge in [0.05, 0.1) is 0 Å². The second kappa shape index (κ2) is 3.68. The van der Waals surface area contributed by atoms with Crippen molar-refractivity contribution in [2.24, 2.45) is 5.40 Å². The standard InChI is InChI=1S/C9H11N7Si/c10-17(14-7-1-4-11-14,15-8-2-5-12-15)16-9-3-6-13-16/h1-9H,10H2. The van der Waals surface area contributed by atoms with Crippen molar-refractivity contribution in [1.82, 2.24) is 28.3 Å². The van der Waals surface area contributed by atoms with Crippen LogP contribution < -0.4 is 5.40 Å². The highest BCUT2D eigenvalue weighted by Crippen LogP contribution is 2.04. The minimum atomic E-state index is -2.80. The van der Waals surface area contributed by atoms with Gasteiger partial charge in [-0.25, -0.2) is 13.0 Å². The Balaban J connectivity index is 2.21. The molecule has 3 heterocycles. The Hall–Kier alpha value is -2.19. The molecule has 0 radical (unpaired) electrons. The lowest BCUT2D eigenvalue weighted by atomic mass is 10.8. The van der Waals surface area contributed by atoms with E-state index in [9.17, 15) is 0 Å². The second-order valence-electron chi connectivity index (χ2n) is 3.54. The van der Waals surface area contributed by atoms with Crippen molar-refractivity contribution >= 4 is 8.72 Å². The molecule has 0 saturated carbocycles. The summed E-state index contributed by atoms with van der Waals surface area (Å²) < 4.78 is 5.19. The number of nitrogens with zero attached hydrogens (tertiary/aromatic N) is 6. The summed E-state index contributed by atoms with van der Waals surface area (Å²) in [5.41, 5.74) is 0. The van der Waals surface area contributed by atoms with Gasteiger partial charge in [0.1, 0.15) is 0 Å². The van der Waals surface area contributed by atoms with E-state index in [0.717, 1.165) is 0 Å². The molecule has 8 heteroatoms. The third-order valence-electron chi connectivity index (χ3n) is 2.52. The number of aromatic nitrogens is 6. The van der Waals surface area contributed by atoms with Gasteiger partial charge in [0, 0.05) is 37.2 Å². The van der Waals surface area contributed by atoms with Gasteiger partial charge in [-0.1, -0.05) is 0 Å².